The summed E-state index contributed by atoms with van der Waals surface area (Å²) in [6, 6.07) is 5.27. The number of hydrogen-bond donors (Lipinski definition) is 2. The van der Waals surface area contributed by atoms with E-state index in [1.54, 1.807) is 6.07 Å². The van der Waals surface area contributed by atoms with Crippen LogP contribution in [0.4, 0.5) is 0 Å². The van der Waals surface area contributed by atoms with Crippen LogP contribution in [0.15, 0.2) is 22.7 Å². The number of carbonyl (C=O) groups excluding carboxylic acids is 1. The molecule has 2 heterocycles. The number of benzene rings is 1. The summed E-state index contributed by atoms with van der Waals surface area (Å²) in [7, 11) is 2.06. The zero-order chi connectivity index (χ0) is 14.3. The summed E-state index contributed by atoms with van der Waals surface area (Å²) < 4.78 is 0.627. The number of aromatic hydroxyl groups is 1. The molecule has 0 saturated carbocycles. The van der Waals surface area contributed by atoms with E-state index < -0.39 is 0 Å². The Hall–Kier alpha value is -1.53. The van der Waals surface area contributed by atoms with Gasteiger partial charge in [0.05, 0.1) is 4.47 Å². The molecule has 0 unspecified atom stereocenters. The second-order valence-electron chi connectivity index (χ2n) is 5.17. The Morgan fingerprint density at radius 3 is 2.65 bits per heavy atom. The van der Waals surface area contributed by atoms with Crippen molar-refractivity contribution >= 4 is 32.7 Å². The molecular formula is C14H16BrN3O2. The van der Waals surface area contributed by atoms with E-state index in [0.29, 0.717) is 10.2 Å². The van der Waals surface area contributed by atoms with Gasteiger partial charge in [0.25, 0.3) is 5.91 Å². The number of carbonyl (C=O) groups is 1. The number of fused-ring (bicyclic) bond motifs is 1. The summed E-state index contributed by atoms with van der Waals surface area (Å²) in [6.45, 7) is 3.30. The molecular weight excluding hydrogens is 322 g/mol. The van der Waals surface area contributed by atoms with E-state index in [9.17, 15) is 9.90 Å². The van der Waals surface area contributed by atoms with Gasteiger partial charge in [0.15, 0.2) is 0 Å². The Morgan fingerprint density at radius 1 is 1.25 bits per heavy atom. The van der Waals surface area contributed by atoms with Gasteiger partial charge in [-0.15, -0.1) is 0 Å². The third-order valence-electron chi connectivity index (χ3n) is 3.71. The SMILES string of the molecule is CN1CCN(C(=O)c2cc3cc(Br)c(O)cc3[nH]2)CC1. The maximum Gasteiger partial charge on any atom is 0.270 e. The van der Waals surface area contributed by atoms with Crippen LogP contribution in [-0.4, -0.2) is 59.0 Å². The number of nitrogens with one attached hydrogen (secondary N) is 1. The number of hydrogen-bond acceptors (Lipinski definition) is 3. The fourth-order valence-electron chi connectivity index (χ4n) is 2.44. The average Bonchev–Trinajstić information content (AvgIpc) is 2.82. The maximum atomic E-state index is 12.4. The van der Waals surface area contributed by atoms with Crippen molar-refractivity contribution < 1.29 is 9.90 Å². The van der Waals surface area contributed by atoms with Gasteiger partial charge in [-0.3, -0.25) is 4.79 Å². The number of aromatic nitrogens is 1. The van der Waals surface area contributed by atoms with E-state index in [1.807, 2.05) is 17.0 Å². The Kier molecular flexibility index (Phi) is 3.43. The molecule has 0 radical (unpaired) electrons. The highest BCUT2D eigenvalue weighted by molar-refractivity contribution is 9.10. The number of phenols is 1. The Balaban J connectivity index is 1.88. The molecule has 0 bridgehead atoms. The molecule has 1 aromatic heterocycles. The third-order valence-corrected chi connectivity index (χ3v) is 4.34. The lowest BCUT2D eigenvalue weighted by Crippen LogP contribution is -2.47. The molecule has 3 rings (SSSR count). The van der Waals surface area contributed by atoms with Gasteiger partial charge in [-0.2, -0.15) is 0 Å². The smallest absolute Gasteiger partial charge is 0.270 e. The molecule has 2 N–H and O–H groups in total. The summed E-state index contributed by atoms with van der Waals surface area (Å²) in [6.07, 6.45) is 0. The van der Waals surface area contributed by atoms with Crippen molar-refractivity contribution in [2.24, 2.45) is 0 Å². The highest BCUT2D eigenvalue weighted by Crippen LogP contribution is 2.29. The van der Waals surface area contributed by atoms with Crippen molar-refractivity contribution in [2.45, 2.75) is 0 Å². The number of phenolic OH excluding ortho intramolecular Hbond substituents is 1. The quantitative estimate of drug-likeness (QED) is 0.836. The second-order valence-corrected chi connectivity index (χ2v) is 6.02. The molecule has 1 aromatic carbocycles. The van der Waals surface area contributed by atoms with Crippen LogP contribution in [0.5, 0.6) is 5.75 Å². The molecule has 1 fully saturated rings. The molecule has 0 atom stereocenters. The number of halogens is 1. The maximum absolute atomic E-state index is 12.4. The number of aromatic amines is 1. The number of amides is 1. The highest BCUT2D eigenvalue weighted by atomic mass is 79.9. The van der Waals surface area contributed by atoms with Crippen LogP contribution in [-0.2, 0) is 0 Å². The number of H-pyrrole nitrogens is 1. The number of piperazine rings is 1. The zero-order valence-electron chi connectivity index (χ0n) is 11.2. The molecule has 1 aliphatic heterocycles. The number of nitrogens with zero attached hydrogens (tertiary/aromatic N) is 2. The lowest BCUT2D eigenvalue weighted by molar-refractivity contribution is 0.0659. The van der Waals surface area contributed by atoms with Crippen LogP contribution in [0.3, 0.4) is 0 Å². The molecule has 1 saturated heterocycles. The van der Waals surface area contributed by atoms with Crippen LogP contribution in [0.2, 0.25) is 0 Å². The fraction of sp³-hybridized carbons (Fsp3) is 0.357. The molecule has 106 valence electrons. The van der Waals surface area contributed by atoms with E-state index in [-0.39, 0.29) is 11.7 Å². The Bertz CT molecular complexity index is 621. The molecule has 0 spiro atoms. The summed E-state index contributed by atoms with van der Waals surface area (Å²) in [5.41, 5.74) is 1.34. The minimum absolute atomic E-state index is 0.0184. The van der Waals surface area contributed by atoms with E-state index in [4.69, 9.17) is 0 Å². The summed E-state index contributed by atoms with van der Waals surface area (Å²) in [5, 5.41) is 10.6. The Morgan fingerprint density at radius 2 is 1.95 bits per heavy atom. The lowest BCUT2D eigenvalue weighted by atomic mass is 10.2. The molecule has 0 aliphatic carbocycles. The van der Waals surface area contributed by atoms with Crippen molar-refractivity contribution in [1.82, 2.24) is 14.8 Å². The van der Waals surface area contributed by atoms with Gasteiger partial charge < -0.3 is 19.9 Å². The Labute approximate surface area is 125 Å². The lowest BCUT2D eigenvalue weighted by Gasteiger charge is -2.32. The summed E-state index contributed by atoms with van der Waals surface area (Å²) in [5.74, 6) is 0.183. The first-order chi connectivity index (χ1) is 9.54. The standard InChI is InChI=1S/C14H16BrN3O2/c1-17-2-4-18(5-3-17)14(20)12-7-9-6-10(15)13(19)8-11(9)16-12/h6-8,16,19H,2-5H2,1H3. The first-order valence-corrected chi connectivity index (χ1v) is 7.33. The van der Waals surface area contributed by atoms with Gasteiger partial charge in [-0.1, -0.05) is 0 Å². The van der Waals surface area contributed by atoms with Gasteiger partial charge in [-0.25, -0.2) is 0 Å². The van der Waals surface area contributed by atoms with Crippen molar-refractivity contribution in [1.29, 1.82) is 0 Å². The van der Waals surface area contributed by atoms with E-state index in [1.165, 1.54) is 0 Å². The van der Waals surface area contributed by atoms with Crippen LogP contribution in [0.25, 0.3) is 10.9 Å². The van der Waals surface area contributed by atoms with Gasteiger partial charge in [-0.05, 0) is 35.1 Å². The van der Waals surface area contributed by atoms with Crippen LogP contribution in [0.1, 0.15) is 10.5 Å². The van der Waals surface area contributed by atoms with Crippen molar-refractivity contribution in [3.8, 4) is 5.75 Å². The molecule has 1 amide bonds. The van der Waals surface area contributed by atoms with Crippen molar-refractivity contribution in [3.63, 3.8) is 0 Å². The van der Waals surface area contributed by atoms with Crippen molar-refractivity contribution in [3.05, 3.63) is 28.4 Å². The van der Waals surface area contributed by atoms with Gasteiger partial charge >= 0.3 is 0 Å². The normalized spacial score (nSPS) is 16.8. The monoisotopic (exact) mass is 337 g/mol. The minimum Gasteiger partial charge on any atom is -0.507 e. The second kappa shape index (κ2) is 5.10. The molecule has 20 heavy (non-hydrogen) atoms. The minimum atomic E-state index is 0.0184. The van der Waals surface area contributed by atoms with Crippen molar-refractivity contribution in [2.75, 3.05) is 33.2 Å². The number of likely N-dealkylation sites (N-methyl/N-ethyl adjacent to an activating group) is 1. The summed E-state index contributed by atoms with van der Waals surface area (Å²) in [4.78, 5) is 19.6. The molecule has 5 nitrogen and oxygen atoms in total. The topological polar surface area (TPSA) is 59.6 Å². The predicted molar refractivity (Wildman–Crippen MR) is 81.1 cm³/mol. The molecule has 6 heteroatoms. The zero-order valence-corrected chi connectivity index (χ0v) is 12.8. The van der Waals surface area contributed by atoms with Crippen LogP contribution < -0.4 is 0 Å². The first-order valence-electron chi connectivity index (χ1n) is 6.53. The number of rotatable bonds is 1. The van der Waals surface area contributed by atoms with Gasteiger partial charge in [0.2, 0.25) is 0 Å². The third kappa shape index (κ3) is 2.41. The summed E-state index contributed by atoms with van der Waals surface area (Å²) >= 11 is 3.28. The fourth-order valence-corrected chi connectivity index (χ4v) is 2.80. The predicted octanol–water partition coefficient (Wildman–Crippen LogP) is 2.02. The largest absolute Gasteiger partial charge is 0.507 e. The van der Waals surface area contributed by atoms with Gasteiger partial charge in [0.1, 0.15) is 11.4 Å². The van der Waals surface area contributed by atoms with E-state index in [2.05, 4.69) is 32.9 Å². The average molecular weight is 338 g/mol. The van der Waals surface area contributed by atoms with Crippen LogP contribution in [0, 0.1) is 0 Å². The van der Waals surface area contributed by atoms with E-state index in [0.717, 1.165) is 37.1 Å². The van der Waals surface area contributed by atoms with Crippen LogP contribution >= 0.6 is 15.9 Å². The molecule has 2 aromatic rings. The van der Waals surface area contributed by atoms with E-state index >= 15 is 0 Å². The molecule has 1 aliphatic rings. The van der Waals surface area contributed by atoms with Gasteiger partial charge in [0, 0.05) is 43.1 Å². The highest BCUT2D eigenvalue weighted by Gasteiger charge is 2.21. The first kappa shape index (κ1) is 13.5.